The molecule has 0 aromatic heterocycles. The molecule has 0 aliphatic carbocycles. The van der Waals surface area contributed by atoms with Crippen LogP contribution in [-0.2, 0) is 20.9 Å². The van der Waals surface area contributed by atoms with Crippen LogP contribution in [0.15, 0.2) is 42.5 Å². The van der Waals surface area contributed by atoms with E-state index in [9.17, 15) is 18.8 Å². The van der Waals surface area contributed by atoms with Gasteiger partial charge in [-0.05, 0) is 63.1 Å². The Morgan fingerprint density at radius 1 is 1.19 bits per heavy atom. The highest BCUT2D eigenvalue weighted by molar-refractivity contribution is 6.30. The zero-order valence-electron chi connectivity index (χ0n) is 20.4. The Morgan fingerprint density at radius 3 is 2.50 bits per heavy atom. The monoisotopic (exact) mass is 511 g/mol. The van der Waals surface area contributed by atoms with Gasteiger partial charge in [-0.15, -0.1) is 6.42 Å². The second kappa shape index (κ2) is 9.47. The first kappa shape index (κ1) is 25.5. The van der Waals surface area contributed by atoms with Gasteiger partial charge in [-0.3, -0.25) is 14.5 Å². The van der Waals surface area contributed by atoms with E-state index in [0.29, 0.717) is 10.6 Å². The standard InChI is InChI=1S/C27H27ClFN3O4/c1-5-18-8-11-22(21(29)14-18)31-16-23(33)32(15-19-6-9-20(28)10-7-19)27(24(31)34)12-13-30(17-27)25(35)36-26(2,3)4/h1,6-11,14H,12-13,15-17H2,2-4H3/t27-/m1/s1. The molecule has 2 saturated heterocycles. The van der Waals surface area contributed by atoms with Crippen LogP contribution in [0.3, 0.4) is 0 Å². The van der Waals surface area contributed by atoms with Crippen molar-refractivity contribution in [2.45, 2.75) is 44.9 Å². The number of anilines is 1. The summed E-state index contributed by atoms with van der Waals surface area (Å²) in [6, 6.07) is 11.0. The zero-order chi connectivity index (χ0) is 26.3. The molecule has 0 N–H and O–H groups in total. The molecular formula is C27H27ClFN3O4. The van der Waals surface area contributed by atoms with Crippen LogP contribution in [0, 0.1) is 18.2 Å². The quantitative estimate of drug-likeness (QED) is 0.579. The molecule has 2 aliphatic rings. The Kier molecular flexibility index (Phi) is 6.72. The molecule has 3 amide bonds. The summed E-state index contributed by atoms with van der Waals surface area (Å²) in [7, 11) is 0. The SMILES string of the molecule is C#Cc1ccc(N2CC(=O)N(Cc3ccc(Cl)cc3)[C@@]3(CCN(C(=O)OC(C)(C)C)C3)C2=O)c(F)c1. The molecule has 1 spiro atoms. The van der Waals surface area contributed by atoms with Crippen molar-refractivity contribution in [2.75, 3.05) is 24.5 Å². The Bertz CT molecular complexity index is 1250. The summed E-state index contributed by atoms with van der Waals surface area (Å²) in [6.45, 7) is 5.19. The minimum Gasteiger partial charge on any atom is -0.444 e. The number of carbonyl (C=O) groups is 3. The van der Waals surface area contributed by atoms with Gasteiger partial charge in [0.1, 0.15) is 23.5 Å². The molecule has 1 atom stereocenters. The number of piperazine rings is 1. The number of carbonyl (C=O) groups excluding carboxylic acids is 3. The van der Waals surface area contributed by atoms with Gasteiger partial charge in [0.2, 0.25) is 5.91 Å². The maximum atomic E-state index is 15.0. The summed E-state index contributed by atoms with van der Waals surface area (Å²) >= 11 is 6.01. The topological polar surface area (TPSA) is 70.2 Å². The number of likely N-dealkylation sites (tertiary alicyclic amines) is 1. The Hall–Kier alpha value is -3.57. The second-order valence-corrected chi connectivity index (χ2v) is 10.4. The molecule has 2 fully saturated rings. The molecular weight excluding hydrogens is 485 g/mol. The third-order valence-electron chi connectivity index (χ3n) is 6.31. The minimum atomic E-state index is -1.39. The van der Waals surface area contributed by atoms with Crippen molar-refractivity contribution >= 4 is 35.2 Å². The molecule has 188 valence electrons. The Labute approximate surface area is 214 Å². The Morgan fingerprint density at radius 2 is 1.89 bits per heavy atom. The number of nitrogens with zero attached hydrogens (tertiary/aromatic N) is 3. The van der Waals surface area contributed by atoms with Gasteiger partial charge in [0.25, 0.3) is 5.91 Å². The van der Waals surface area contributed by atoms with E-state index in [1.165, 1.54) is 21.9 Å². The second-order valence-electron chi connectivity index (χ2n) is 9.99. The molecule has 9 heteroatoms. The van der Waals surface area contributed by atoms with Crippen molar-refractivity contribution < 1.29 is 23.5 Å². The lowest BCUT2D eigenvalue weighted by Gasteiger charge is -2.47. The van der Waals surface area contributed by atoms with Crippen molar-refractivity contribution in [2.24, 2.45) is 0 Å². The normalized spacial score (nSPS) is 20.2. The van der Waals surface area contributed by atoms with E-state index in [4.69, 9.17) is 22.8 Å². The zero-order valence-corrected chi connectivity index (χ0v) is 21.1. The van der Waals surface area contributed by atoms with Crippen molar-refractivity contribution in [1.29, 1.82) is 0 Å². The molecule has 0 saturated carbocycles. The van der Waals surface area contributed by atoms with Crippen LogP contribution in [0.4, 0.5) is 14.9 Å². The summed E-state index contributed by atoms with van der Waals surface area (Å²) in [6.07, 6.45) is 4.97. The fraction of sp³-hybridized carbons (Fsp3) is 0.370. The number of hydrogen-bond donors (Lipinski definition) is 0. The van der Waals surface area contributed by atoms with Gasteiger partial charge in [0, 0.05) is 23.7 Å². The number of rotatable bonds is 3. The summed E-state index contributed by atoms with van der Waals surface area (Å²) < 4.78 is 20.5. The van der Waals surface area contributed by atoms with E-state index >= 15 is 0 Å². The summed E-state index contributed by atoms with van der Waals surface area (Å²) in [4.78, 5) is 44.4. The first-order chi connectivity index (χ1) is 16.9. The maximum absolute atomic E-state index is 15.0. The van der Waals surface area contributed by atoms with Crippen LogP contribution in [0.25, 0.3) is 0 Å². The van der Waals surface area contributed by atoms with Crippen LogP contribution >= 0.6 is 11.6 Å². The van der Waals surface area contributed by atoms with Gasteiger partial charge in [0.15, 0.2) is 0 Å². The summed E-state index contributed by atoms with van der Waals surface area (Å²) in [5, 5.41) is 0.545. The van der Waals surface area contributed by atoms with Gasteiger partial charge in [-0.25, -0.2) is 9.18 Å². The average Bonchev–Trinajstić information content (AvgIpc) is 3.26. The van der Waals surface area contributed by atoms with E-state index in [2.05, 4.69) is 5.92 Å². The van der Waals surface area contributed by atoms with Crippen LogP contribution in [0.2, 0.25) is 5.02 Å². The van der Waals surface area contributed by atoms with E-state index in [-0.39, 0.29) is 44.2 Å². The van der Waals surface area contributed by atoms with Crippen molar-refractivity contribution in [3.63, 3.8) is 0 Å². The van der Waals surface area contributed by atoms with Gasteiger partial charge in [-0.1, -0.05) is 29.7 Å². The fourth-order valence-electron chi connectivity index (χ4n) is 4.59. The highest BCUT2D eigenvalue weighted by atomic mass is 35.5. The van der Waals surface area contributed by atoms with Gasteiger partial charge < -0.3 is 14.5 Å². The lowest BCUT2D eigenvalue weighted by atomic mass is 9.90. The van der Waals surface area contributed by atoms with Gasteiger partial charge >= 0.3 is 6.09 Å². The number of ether oxygens (including phenoxy) is 1. The molecule has 2 aromatic rings. The lowest BCUT2D eigenvalue weighted by molar-refractivity contribution is -0.151. The van der Waals surface area contributed by atoms with Crippen LogP contribution < -0.4 is 4.90 Å². The first-order valence-corrected chi connectivity index (χ1v) is 11.9. The van der Waals surface area contributed by atoms with Gasteiger partial charge in [-0.2, -0.15) is 0 Å². The fourth-order valence-corrected chi connectivity index (χ4v) is 4.72. The van der Waals surface area contributed by atoms with Crippen molar-refractivity contribution in [1.82, 2.24) is 9.80 Å². The molecule has 0 unspecified atom stereocenters. The largest absolute Gasteiger partial charge is 0.444 e. The van der Waals surface area contributed by atoms with Crippen molar-refractivity contribution in [3.05, 3.63) is 64.4 Å². The number of hydrogen-bond acceptors (Lipinski definition) is 4. The predicted molar refractivity (Wildman–Crippen MR) is 134 cm³/mol. The molecule has 36 heavy (non-hydrogen) atoms. The summed E-state index contributed by atoms with van der Waals surface area (Å²) in [5.41, 5.74) is -1.05. The number of halogens is 2. The molecule has 7 nitrogen and oxygen atoms in total. The number of benzene rings is 2. The minimum absolute atomic E-state index is 0.0337. The van der Waals surface area contributed by atoms with E-state index in [1.54, 1.807) is 45.0 Å². The van der Waals surface area contributed by atoms with Gasteiger partial charge in [0.05, 0.1) is 12.2 Å². The molecule has 2 heterocycles. The average molecular weight is 512 g/mol. The van der Waals surface area contributed by atoms with E-state index in [0.717, 1.165) is 16.5 Å². The van der Waals surface area contributed by atoms with E-state index in [1.807, 2.05) is 0 Å². The number of amides is 3. The van der Waals surface area contributed by atoms with Crippen LogP contribution in [-0.4, -0.2) is 58.5 Å². The summed E-state index contributed by atoms with van der Waals surface area (Å²) in [5.74, 6) is 0.828. The molecule has 0 radical (unpaired) electrons. The third-order valence-corrected chi connectivity index (χ3v) is 6.56. The highest BCUT2D eigenvalue weighted by Crippen LogP contribution is 2.38. The molecule has 0 bridgehead atoms. The molecule has 2 aliphatic heterocycles. The third kappa shape index (κ3) is 4.89. The maximum Gasteiger partial charge on any atom is 0.410 e. The smallest absolute Gasteiger partial charge is 0.410 e. The van der Waals surface area contributed by atoms with Crippen molar-refractivity contribution in [3.8, 4) is 12.3 Å². The highest BCUT2D eigenvalue weighted by Gasteiger charge is 2.57. The van der Waals surface area contributed by atoms with E-state index < -0.39 is 29.0 Å². The van der Waals surface area contributed by atoms with Crippen LogP contribution in [0.5, 0.6) is 0 Å². The molecule has 4 rings (SSSR count). The first-order valence-electron chi connectivity index (χ1n) is 11.5. The number of terminal acetylenes is 1. The predicted octanol–water partition coefficient (Wildman–Crippen LogP) is 4.22. The Balaban J connectivity index is 1.72. The lowest BCUT2D eigenvalue weighted by Crippen LogP contribution is -2.69. The van der Waals surface area contributed by atoms with Crippen LogP contribution in [0.1, 0.15) is 38.3 Å². The molecule has 2 aromatic carbocycles.